The van der Waals surface area contributed by atoms with Gasteiger partial charge in [-0.05, 0) is 18.6 Å². The van der Waals surface area contributed by atoms with Gasteiger partial charge in [-0.25, -0.2) is 0 Å². The zero-order chi connectivity index (χ0) is 8.97. The van der Waals surface area contributed by atoms with Crippen LogP contribution in [0.4, 0.5) is 0 Å². The first kappa shape index (κ1) is 8.81. The third-order valence-electron chi connectivity index (χ3n) is 1.59. The molecule has 0 aliphatic rings. The molecule has 0 spiro atoms. The molecule has 1 aromatic carbocycles. The summed E-state index contributed by atoms with van der Waals surface area (Å²) in [4.78, 5) is 0. The van der Waals surface area contributed by atoms with Crippen LogP contribution in [-0.4, -0.2) is 16.8 Å². The van der Waals surface area contributed by atoms with E-state index in [0.29, 0.717) is 0 Å². The molecule has 1 aromatic rings. The number of benzene rings is 1. The van der Waals surface area contributed by atoms with Crippen molar-refractivity contribution in [3.8, 4) is 5.75 Å². The Kier molecular flexibility index (Phi) is 2.88. The number of rotatable bonds is 2. The summed E-state index contributed by atoms with van der Waals surface area (Å²) in [7, 11) is 0. The van der Waals surface area contributed by atoms with Crippen LogP contribution < -0.4 is 0 Å². The van der Waals surface area contributed by atoms with Crippen LogP contribution in [0, 0.1) is 6.92 Å². The van der Waals surface area contributed by atoms with E-state index in [2.05, 4.69) is 0 Å². The standard InChI is InChI=1S/C10H12O2/c1-8-4-5-9(3-2-6-11)10(12)7-8/h2-5,7,11-12H,6H2,1H3. The van der Waals surface area contributed by atoms with Crippen molar-refractivity contribution in [2.45, 2.75) is 6.92 Å². The molecule has 0 unspecified atom stereocenters. The van der Waals surface area contributed by atoms with Gasteiger partial charge in [0.1, 0.15) is 5.75 Å². The first-order chi connectivity index (χ1) is 5.74. The third-order valence-corrected chi connectivity index (χ3v) is 1.59. The minimum Gasteiger partial charge on any atom is -0.507 e. The summed E-state index contributed by atoms with van der Waals surface area (Å²) in [6.45, 7) is 1.91. The molecule has 0 aliphatic carbocycles. The molecule has 0 bridgehead atoms. The normalized spacial score (nSPS) is 10.8. The molecule has 0 amide bonds. The van der Waals surface area contributed by atoms with Gasteiger partial charge in [-0.1, -0.05) is 24.3 Å². The number of phenols is 1. The molecule has 2 heteroatoms. The van der Waals surface area contributed by atoms with Gasteiger partial charge in [-0.3, -0.25) is 0 Å². The summed E-state index contributed by atoms with van der Waals surface area (Å²) >= 11 is 0. The molecule has 0 fully saturated rings. The van der Waals surface area contributed by atoms with E-state index < -0.39 is 0 Å². The SMILES string of the molecule is Cc1ccc(C=CCO)c(O)c1. The monoisotopic (exact) mass is 164 g/mol. The number of aryl methyl sites for hydroxylation is 1. The fourth-order valence-corrected chi connectivity index (χ4v) is 0.974. The number of hydrogen-bond donors (Lipinski definition) is 2. The van der Waals surface area contributed by atoms with E-state index in [0.717, 1.165) is 11.1 Å². The molecule has 1 rings (SSSR count). The lowest BCUT2D eigenvalue weighted by Gasteiger charge is -1.99. The highest BCUT2D eigenvalue weighted by Gasteiger charge is 1.95. The maximum Gasteiger partial charge on any atom is 0.123 e. The van der Waals surface area contributed by atoms with Crippen LogP contribution in [0.2, 0.25) is 0 Å². The number of hydrogen-bond acceptors (Lipinski definition) is 2. The minimum absolute atomic E-state index is 0.00663. The van der Waals surface area contributed by atoms with Crippen molar-refractivity contribution in [2.75, 3.05) is 6.61 Å². The zero-order valence-electron chi connectivity index (χ0n) is 6.99. The Morgan fingerprint density at radius 3 is 2.75 bits per heavy atom. The fraction of sp³-hybridized carbons (Fsp3) is 0.200. The highest BCUT2D eigenvalue weighted by Crippen LogP contribution is 2.19. The number of aliphatic hydroxyl groups excluding tert-OH is 1. The highest BCUT2D eigenvalue weighted by atomic mass is 16.3. The van der Waals surface area contributed by atoms with Crippen molar-refractivity contribution in [3.05, 3.63) is 35.4 Å². The van der Waals surface area contributed by atoms with Crippen LogP contribution in [0.25, 0.3) is 6.08 Å². The quantitative estimate of drug-likeness (QED) is 0.698. The highest BCUT2D eigenvalue weighted by molar-refractivity contribution is 5.57. The molecule has 2 nitrogen and oxygen atoms in total. The van der Waals surface area contributed by atoms with E-state index in [-0.39, 0.29) is 12.4 Å². The predicted molar refractivity (Wildman–Crippen MR) is 49.0 cm³/mol. The van der Waals surface area contributed by atoms with Gasteiger partial charge in [0.25, 0.3) is 0 Å². The van der Waals surface area contributed by atoms with Crippen LogP contribution >= 0.6 is 0 Å². The van der Waals surface area contributed by atoms with Gasteiger partial charge in [-0.15, -0.1) is 0 Å². The molecular formula is C10H12O2. The van der Waals surface area contributed by atoms with Gasteiger partial charge in [0.2, 0.25) is 0 Å². The molecule has 64 valence electrons. The van der Waals surface area contributed by atoms with Crippen LogP contribution in [0.1, 0.15) is 11.1 Å². The number of phenolic OH excluding ortho intramolecular Hbond substituents is 1. The van der Waals surface area contributed by atoms with E-state index in [1.807, 2.05) is 19.1 Å². The largest absolute Gasteiger partial charge is 0.507 e. The molecule has 0 aliphatic heterocycles. The van der Waals surface area contributed by atoms with Crippen LogP contribution in [0.3, 0.4) is 0 Å². The van der Waals surface area contributed by atoms with Crippen molar-refractivity contribution < 1.29 is 10.2 Å². The topological polar surface area (TPSA) is 40.5 Å². The second kappa shape index (κ2) is 3.93. The molecule has 0 atom stereocenters. The molecule has 0 saturated heterocycles. The molecule has 0 heterocycles. The van der Waals surface area contributed by atoms with E-state index in [1.54, 1.807) is 18.2 Å². The zero-order valence-corrected chi connectivity index (χ0v) is 6.99. The number of aromatic hydroxyl groups is 1. The third kappa shape index (κ3) is 2.10. The van der Waals surface area contributed by atoms with E-state index in [9.17, 15) is 5.11 Å². The van der Waals surface area contributed by atoms with Gasteiger partial charge >= 0.3 is 0 Å². The second-order valence-corrected chi connectivity index (χ2v) is 2.65. The fourth-order valence-electron chi connectivity index (χ4n) is 0.974. The van der Waals surface area contributed by atoms with E-state index in [1.165, 1.54) is 0 Å². The Labute approximate surface area is 71.8 Å². The molecule has 2 N–H and O–H groups in total. The Bertz CT molecular complexity index is 290. The second-order valence-electron chi connectivity index (χ2n) is 2.65. The molecule has 12 heavy (non-hydrogen) atoms. The van der Waals surface area contributed by atoms with Crippen LogP contribution in [-0.2, 0) is 0 Å². The summed E-state index contributed by atoms with van der Waals surface area (Å²) in [6.07, 6.45) is 3.28. The van der Waals surface area contributed by atoms with Gasteiger partial charge in [0.15, 0.2) is 0 Å². The molecule has 0 saturated carbocycles. The van der Waals surface area contributed by atoms with Crippen molar-refractivity contribution in [2.24, 2.45) is 0 Å². The maximum atomic E-state index is 9.39. The lowest BCUT2D eigenvalue weighted by molar-refractivity contribution is 0.343. The Hall–Kier alpha value is -1.28. The van der Waals surface area contributed by atoms with Crippen molar-refractivity contribution in [3.63, 3.8) is 0 Å². The van der Waals surface area contributed by atoms with Gasteiger partial charge in [0.05, 0.1) is 6.61 Å². The Morgan fingerprint density at radius 2 is 2.17 bits per heavy atom. The van der Waals surface area contributed by atoms with Crippen molar-refractivity contribution in [1.29, 1.82) is 0 Å². The van der Waals surface area contributed by atoms with Crippen LogP contribution in [0.15, 0.2) is 24.3 Å². The summed E-state index contributed by atoms with van der Waals surface area (Å²) in [5.74, 6) is 0.250. The van der Waals surface area contributed by atoms with Gasteiger partial charge in [-0.2, -0.15) is 0 Å². The van der Waals surface area contributed by atoms with Gasteiger partial charge < -0.3 is 10.2 Å². The molecular weight excluding hydrogens is 152 g/mol. The predicted octanol–water partition coefficient (Wildman–Crippen LogP) is 1.71. The Morgan fingerprint density at radius 1 is 1.42 bits per heavy atom. The first-order valence-electron chi connectivity index (χ1n) is 3.81. The summed E-state index contributed by atoms with van der Waals surface area (Å²) in [5.41, 5.74) is 1.75. The summed E-state index contributed by atoms with van der Waals surface area (Å²) in [5, 5.41) is 17.9. The van der Waals surface area contributed by atoms with E-state index in [4.69, 9.17) is 5.11 Å². The Balaban J connectivity index is 2.94. The summed E-state index contributed by atoms with van der Waals surface area (Å²) < 4.78 is 0. The van der Waals surface area contributed by atoms with Gasteiger partial charge in [0, 0.05) is 5.56 Å². The average Bonchev–Trinajstić information content (AvgIpc) is 2.03. The first-order valence-corrected chi connectivity index (χ1v) is 3.81. The van der Waals surface area contributed by atoms with Crippen LogP contribution in [0.5, 0.6) is 5.75 Å². The number of aliphatic hydroxyl groups is 1. The van der Waals surface area contributed by atoms with E-state index >= 15 is 0 Å². The lowest BCUT2D eigenvalue weighted by Crippen LogP contribution is -1.78. The average molecular weight is 164 g/mol. The van der Waals surface area contributed by atoms with Crippen molar-refractivity contribution >= 4 is 6.08 Å². The van der Waals surface area contributed by atoms with Crippen molar-refractivity contribution in [1.82, 2.24) is 0 Å². The molecule has 0 radical (unpaired) electrons. The lowest BCUT2D eigenvalue weighted by atomic mass is 10.1. The summed E-state index contributed by atoms with van der Waals surface area (Å²) in [6, 6.07) is 5.42. The smallest absolute Gasteiger partial charge is 0.123 e. The maximum absolute atomic E-state index is 9.39. The molecule has 0 aromatic heterocycles. The minimum atomic E-state index is -0.00663.